The third-order valence-electron chi connectivity index (χ3n) is 1.52. The third kappa shape index (κ3) is 1.61. The minimum absolute atomic E-state index is 0.244. The molecule has 0 unspecified atom stereocenters. The van der Waals surface area contributed by atoms with Crippen LogP contribution in [0.2, 0.25) is 0 Å². The first kappa shape index (κ1) is 8.40. The summed E-state index contributed by atoms with van der Waals surface area (Å²) in [6, 6.07) is 3.90. The van der Waals surface area contributed by atoms with Crippen molar-refractivity contribution in [2.45, 2.75) is 0 Å². The van der Waals surface area contributed by atoms with Crippen LogP contribution in [0.25, 0.3) is 9.88 Å². The standard InChI is InChI=1S/C8H5NO2S2/c10-8(11)5-4-13-7(9-5)6-2-1-3-12-6/h1-4H,(H,10,11)/p+1. The molecule has 3 nitrogen and oxygen atoms in total. The van der Waals surface area contributed by atoms with Gasteiger partial charge in [0.1, 0.15) is 4.88 Å². The highest BCUT2D eigenvalue weighted by atomic mass is 32.1. The van der Waals surface area contributed by atoms with Gasteiger partial charge in [0.15, 0.2) is 0 Å². The quantitative estimate of drug-likeness (QED) is 0.827. The molecule has 0 bridgehead atoms. The molecule has 0 aliphatic rings. The van der Waals surface area contributed by atoms with E-state index in [1.54, 1.807) is 16.7 Å². The predicted octanol–water partition coefficient (Wildman–Crippen LogP) is 1.99. The van der Waals surface area contributed by atoms with E-state index in [4.69, 9.17) is 5.11 Å². The molecule has 0 saturated heterocycles. The maximum absolute atomic E-state index is 10.6. The predicted molar refractivity (Wildman–Crippen MR) is 51.1 cm³/mol. The van der Waals surface area contributed by atoms with Crippen molar-refractivity contribution in [3.05, 3.63) is 28.6 Å². The van der Waals surface area contributed by atoms with E-state index in [2.05, 4.69) is 4.98 Å². The van der Waals surface area contributed by atoms with Crippen LogP contribution < -0.4 is 4.98 Å². The lowest BCUT2D eigenvalue weighted by molar-refractivity contribution is -0.363. The molecular weight excluding hydrogens is 206 g/mol. The monoisotopic (exact) mass is 212 g/mol. The fourth-order valence-corrected chi connectivity index (χ4v) is 2.59. The van der Waals surface area contributed by atoms with Crippen molar-refractivity contribution in [2.75, 3.05) is 0 Å². The Morgan fingerprint density at radius 1 is 1.46 bits per heavy atom. The van der Waals surface area contributed by atoms with E-state index < -0.39 is 5.97 Å². The largest absolute Gasteiger partial charge is 0.473 e. The van der Waals surface area contributed by atoms with Gasteiger partial charge in [-0.3, -0.25) is 0 Å². The molecule has 0 radical (unpaired) electrons. The topological polar surface area (TPSA) is 51.4 Å². The van der Waals surface area contributed by atoms with Crippen molar-refractivity contribution in [2.24, 2.45) is 0 Å². The van der Waals surface area contributed by atoms with Gasteiger partial charge in [-0.1, -0.05) is 17.4 Å². The number of H-pyrrole nitrogens is 1. The fraction of sp³-hybridized carbons (Fsp3) is 0. The molecule has 0 saturated carbocycles. The highest BCUT2D eigenvalue weighted by molar-refractivity contribution is 7.19. The van der Waals surface area contributed by atoms with Crippen LogP contribution in [0, 0.1) is 0 Å². The second-order valence-corrected chi connectivity index (χ2v) is 4.21. The zero-order valence-corrected chi connectivity index (χ0v) is 8.11. The Labute approximate surface area is 82.3 Å². The molecule has 0 spiro atoms. The van der Waals surface area contributed by atoms with Crippen LogP contribution in [0.3, 0.4) is 0 Å². The maximum Gasteiger partial charge on any atom is 0.402 e. The molecule has 0 atom stereocenters. The number of rotatable bonds is 2. The molecule has 0 fully saturated rings. The first-order valence-electron chi connectivity index (χ1n) is 3.55. The first-order valence-corrected chi connectivity index (χ1v) is 5.31. The maximum atomic E-state index is 10.6. The second-order valence-electron chi connectivity index (χ2n) is 2.39. The van der Waals surface area contributed by atoms with Crippen molar-refractivity contribution in [3.8, 4) is 9.88 Å². The summed E-state index contributed by atoms with van der Waals surface area (Å²) >= 11 is 3.00. The van der Waals surface area contributed by atoms with Crippen molar-refractivity contribution in [1.29, 1.82) is 0 Å². The molecule has 2 N–H and O–H groups in total. The Kier molecular flexibility index (Phi) is 2.12. The van der Waals surface area contributed by atoms with Crippen LogP contribution in [0.4, 0.5) is 0 Å². The van der Waals surface area contributed by atoms with Crippen LogP contribution in [0.1, 0.15) is 10.5 Å². The summed E-state index contributed by atoms with van der Waals surface area (Å²) in [6.07, 6.45) is 0. The van der Waals surface area contributed by atoms with Crippen molar-refractivity contribution in [1.82, 2.24) is 0 Å². The molecular formula is C8H6NO2S2+. The van der Waals surface area contributed by atoms with E-state index in [0.29, 0.717) is 0 Å². The van der Waals surface area contributed by atoms with Crippen LogP contribution in [-0.4, -0.2) is 11.1 Å². The van der Waals surface area contributed by atoms with Gasteiger partial charge in [-0.25, -0.2) is 4.79 Å². The zero-order valence-electron chi connectivity index (χ0n) is 6.48. The number of carboxylic acid groups (broad SMARTS) is 1. The van der Waals surface area contributed by atoms with E-state index >= 15 is 0 Å². The Morgan fingerprint density at radius 2 is 2.31 bits per heavy atom. The Bertz CT molecular complexity index is 419. The van der Waals surface area contributed by atoms with Gasteiger partial charge >= 0.3 is 11.7 Å². The molecule has 2 heterocycles. The number of aromatic amines is 1. The molecule has 66 valence electrons. The number of hydrogen-bond acceptors (Lipinski definition) is 3. The zero-order chi connectivity index (χ0) is 9.26. The van der Waals surface area contributed by atoms with Crippen LogP contribution in [-0.2, 0) is 0 Å². The molecule has 0 aliphatic carbocycles. The molecule has 2 aromatic heterocycles. The van der Waals surface area contributed by atoms with Crippen LogP contribution in [0.15, 0.2) is 22.9 Å². The third-order valence-corrected chi connectivity index (χ3v) is 3.45. The summed E-state index contributed by atoms with van der Waals surface area (Å²) in [5.74, 6) is -0.918. The van der Waals surface area contributed by atoms with E-state index in [9.17, 15) is 4.79 Å². The summed E-state index contributed by atoms with van der Waals surface area (Å²) in [5, 5.41) is 13.1. The smallest absolute Gasteiger partial charge is 0.402 e. The first-order chi connectivity index (χ1) is 6.27. The summed E-state index contributed by atoms with van der Waals surface area (Å²) in [7, 11) is 0. The van der Waals surface area contributed by atoms with Gasteiger partial charge < -0.3 is 5.11 Å². The molecule has 0 aromatic carbocycles. The number of aromatic nitrogens is 1. The molecule has 0 amide bonds. The van der Waals surface area contributed by atoms with E-state index in [1.165, 1.54) is 11.3 Å². The summed E-state index contributed by atoms with van der Waals surface area (Å²) in [5.41, 5.74) is 0.244. The van der Waals surface area contributed by atoms with Gasteiger partial charge in [0, 0.05) is 0 Å². The molecule has 2 aromatic rings. The average Bonchev–Trinajstić information content (AvgIpc) is 2.75. The second kappa shape index (κ2) is 3.27. The number of carboxylic acids is 1. The summed E-state index contributed by atoms with van der Waals surface area (Å²) in [4.78, 5) is 14.5. The lowest BCUT2D eigenvalue weighted by Gasteiger charge is -1.79. The number of carbonyl (C=O) groups is 1. The number of thiophene rings is 1. The lowest BCUT2D eigenvalue weighted by atomic mass is 10.5. The molecule has 5 heteroatoms. The van der Waals surface area contributed by atoms with E-state index in [-0.39, 0.29) is 5.69 Å². The van der Waals surface area contributed by atoms with Gasteiger partial charge in [0.05, 0.1) is 5.38 Å². The lowest BCUT2D eigenvalue weighted by Crippen LogP contribution is -2.13. The highest BCUT2D eigenvalue weighted by Gasteiger charge is 2.17. The normalized spacial score (nSPS) is 10.2. The van der Waals surface area contributed by atoms with Gasteiger partial charge in [-0.05, 0) is 11.4 Å². The minimum Gasteiger partial charge on any atom is -0.473 e. The number of nitrogens with one attached hydrogen (secondary N) is 1. The van der Waals surface area contributed by atoms with E-state index in [1.807, 2.05) is 17.5 Å². The Morgan fingerprint density at radius 3 is 2.85 bits per heavy atom. The molecule has 13 heavy (non-hydrogen) atoms. The SMILES string of the molecule is O=C(O)c1csc(-c2cccs2)[nH+]1. The van der Waals surface area contributed by atoms with Crippen LogP contribution >= 0.6 is 22.7 Å². The van der Waals surface area contributed by atoms with Gasteiger partial charge in [0.25, 0.3) is 5.01 Å². The molecule has 0 aliphatic heterocycles. The summed E-state index contributed by atoms with van der Waals surface area (Å²) < 4.78 is 0. The van der Waals surface area contributed by atoms with Crippen LogP contribution in [0.5, 0.6) is 0 Å². The van der Waals surface area contributed by atoms with E-state index in [0.717, 1.165) is 9.88 Å². The highest BCUT2D eigenvalue weighted by Crippen LogP contribution is 2.24. The van der Waals surface area contributed by atoms with Gasteiger partial charge in [-0.15, -0.1) is 11.3 Å². The minimum atomic E-state index is -0.918. The number of hydrogen-bond donors (Lipinski definition) is 1. The number of thiazole rings is 1. The van der Waals surface area contributed by atoms with Crippen molar-refractivity contribution in [3.63, 3.8) is 0 Å². The van der Waals surface area contributed by atoms with Gasteiger partial charge in [-0.2, -0.15) is 4.98 Å². The average molecular weight is 212 g/mol. The molecule has 2 rings (SSSR count). The van der Waals surface area contributed by atoms with Gasteiger partial charge in [0.2, 0.25) is 0 Å². The van der Waals surface area contributed by atoms with Crippen molar-refractivity contribution >= 4 is 28.6 Å². The number of aromatic carboxylic acids is 1. The fourth-order valence-electron chi connectivity index (χ4n) is 0.930. The Balaban J connectivity index is 2.39. The van der Waals surface area contributed by atoms with Crippen molar-refractivity contribution < 1.29 is 14.9 Å². The summed E-state index contributed by atoms with van der Waals surface area (Å²) in [6.45, 7) is 0. The Hall–Kier alpha value is -1.20.